The van der Waals surface area contributed by atoms with Gasteiger partial charge in [-0.3, -0.25) is 0 Å². The monoisotopic (exact) mass is 443 g/mol. The van der Waals surface area contributed by atoms with Crippen molar-refractivity contribution in [3.05, 3.63) is 63.1 Å². The first-order valence-corrected chi connectivity index (χ1v) is 9.60. The molecule has 0 amide bonds. The highest BCUT2D eigenvalue weighted by molar-refractivity contribution is 9.10. The predicted octanol–water partition coefficient (Wildman–Crippen LogP) is 5.01. The van der Waals surface area contributed by atoms with E-state index in [1.165, 1.54) is 6.07 Å². The molecule has 0 bridgehead atoms. The standard InChI is InChI=1S/C20H21BrF3NO2/c21-16-4-6-19(15(10-16)11-25-7-8-26)27-12-13-1-5-17(14-2-3-14)18(9-13)20(22,23)24/h1,4-6,9-10,14,25-26H,2-3,7-8,11-12H2. The Morgan fingerprint density at radius 2 is 1.93 bits per heavy atom. The van der Waals surface area contributed by atoms with Crippen molar-refractivity contribution >= 4 is 15.9 Å². The number of aliphatic hydroxyl groups excluding tert-OH is 1. The molecule has 0 aliphatic heterocycles. The Bertz CT molecular complexity index is 791. The van der Waals surface area contributed by atoms with Crippen LogP contribution >= 0.6 is 15.9 Å². The third kappa shape index (κ3) is 5.46. The lowest BCUT2D eigenvalue weighted by atomic mass is 10.00. The molecule has 2 aromatic carbocycles. The molecular formula is C20H21BrF3NO2. The molecular weight excluding hydrogens is 423 g/mol. The Morgan fingerprint density at radius 1 is 1.15 bits per heavy atom. The van der Waals surface area contributed by atoms with Crippen molar-refractivity contribution in [2.24, 2.45) is 0 Å². The van der Waals surface area contributed by atoms with E-state index in [1.807, 2.05) is 12.1 Å². The molecule has 3 nitrogen and oxygen atoms in total. The molecule has 2 aromatic rings. The highest BCUT2D eigenvalue weighted by Crippen LogP contribution is 2.46. The molecule has 0 radical (unpaired) electrons. The fraction of sp³-hybridized carbons (Fsp3) is 0.400. The second kappa shape index (κ2) is 8.63. The summed E-state index contributed by atoms with van der Waals surface area (Å²) in [5.41, 5.74) is 1.20. The summed E-state index contributed by atoms with van der Waals surface area (Å²) in [5, 5.41) is 12.0. The van der Waals surface area contributed by atoms with E-state index in [-0.39, 0.29) is 19.1 Å². The van der Waals surface area contributed by atoms with Crippen LogP contribution in [-0.4, -0.2) is 18.3 Å². The van der Waals surface area contributed by atoms with Crippen LogP contribution in [0.3, 0.4) is 0 Å². The van der Waals surface area contributed by atoms with Crippen LogP contribution in [0.2, 0.25) is 0 Å². The van der Waals surface area contributed by atoms with Crippen LogP contribution in [0.5, 0.6) is 5.75 Å². The number of hydrogen-bond acceptors (Lipinski definition) is 3. The lowest BCUT2D eigenvalue weighted by molar-refractivity contribution is -0.138. The number of benzene rings is 2. The van der Waals surface area contributed by atoms with Crippen molar-refractivity contribution in [3.8, 4) is 5.75 Å². The number of alkyl halides is 3. The number of rotatable bonds is 8. The zero-order valence-electron chi connectivity index (χ0n) is 14.7. The Labute approximate surface area is 164 Å². The highest BCUT2D eigenvalue weighted by atomic mass is 79.9. The molecule has 146 valence electrons. The van der Waals surface area contributed by atoms with Gasteiger partial charge in [0.1, 0.15) is 12.4 Å². The minimum absolute atomic E-state index is 0.0256. The summed E-state index contributed by atoms with van der Waals surface area (Å²) in [7, 11) is 0. The molecule has 1 saturated carbocycles. The average Bonchev–Trinajstić information content (AvgIpc) is 3.45. The summed E-state index contributed by atoms with van der Waals surface area (Å²) >= 11 is 3.40. The van der Waals surface area contributed by atoms with E-state index < -0.39 is 11.7 Å². The second-order valence-electron chi connectivity index (χ2n) is 6.63. The molecule has 3 rings (SSSR count). The Hall–Kier alpha value is -1.57. The van der Waals surface area contributed by atoms with Crippen LogP contribution in [0.15, 0.2) is 40.9 Å². The van der Waals surface area contributed by atoms with Gasteiger partial charge in [-0.25, -0.2) is 0 Å². The maximum absolute atomic E-state index is 13.4. The number of halogens is 4. The molecule has 1 aliphatic carbocycles. The third-order valence-electron chi connectivity index (χ3n) is 4.46. The maximum Gasteiger partial charge on any atom is 0.416 e. The van der Waals surface area contributed by atoms with Gasteiger partial charge in [0.15, 0.2) is 0 Å². The summed E-state index contributed by atoms with van der Waals surface area (Å²) < 4.78 is 46.8. The molecule has 2 N–H and O–H groups in total. The third-order valence-corrected chi connectivity index (χ3v) is 4.95. The summed E-state index contributed by atoms with van der Waals surface area (Å²) in [6.45, 7) is 1.02. The van der Waals surface area contributed by atoms with Gasteiger partial charge in [0, 0.05) is 23.1 Å². The molecule has 1 aliphatic rings. The smallest absolute Gasteiger partial charge is 0.416 e. The first-order valence-electron chi connectivity index (χ1n) is 8.81. The van der Waals surface area contributed by atoms with Crippen LogP contribution in [0.1, 0.15) is 41.0 Å². The second-order valence-corrected chi connectivity index (χ2v) is 7.55. The van der Waals surface area contributed by atoms with Gasteiger partial charge in [-0.05, 0) is 54.2 Å². The Morgan fingerprint density at radius 3 is 2.59 bits per heavy atom. The van der Waals surface area contributed by atoms with Crippen molar-refractivity contribution in [2.45, 2.75) is 38.1 Å². The summed E-state index contributed by atoms with van der Waals surface area (Å²) in [6.07, 6.45) is -2.71. The van der Waals surface area contributed by atoms with E-state index in [0.717, 1.165) is 22.9 Å². The van der Waals surface area contributed by atoms with Crippen LogP contribution < -0.4 is 10.1 Å². The fourth-order valence-corrected chi connectivity index (χ4v) is 3.39. The zero-order chi connectivity index (χ0) is 19.4. The van der Waals surface area contributed by atoms with Crippen molar-refractivity contribution in [1.29, 1.82) is 0 Å². The largest absolute Gasteiger partial charge is 0.489 e. The summed E-state index contributed by atoms with van der Waals surface area (Å²) in [5.74, 6) is 0.635. The number of nitrogens with one attached hydrogen (secondary N) is 1. The van der Waals surface area contributed by atoms with E-state index in [9.17, 15) is 13.2 Å². The average molecular weight is 444 g/mol. The van der Waals surface area contributed by atoms with Gasteiger partial charge in [0.25, 0.3) is 0 Å². The highest BCUT2D eigenvalue weighted by Gasteiger charge is 2.38. The maximum atomic E-state index is 13.4. The predicted molar refractivity (Wildman–Crippen MR) is 101 cm³/mol. The normalized spacial score (nSPS) is 14.4. The van der Waals surface area contributed by atoms with Crippen molar-refractivity contribution in [2.75, 3.05) is 13.2 Å². The van der Waals surface area contributed by atoms with Gasteiger partial charge in [0.2, 0.25) is 0 Å². The first-order chi connectivity index (χ1) is 12.9. The van der Waals surface area contributed by atoms with E-state index >= 15 is 0 Å². The van der Waals surface area contributed by atoms with Gasteiger partial charge in [-0.15, -0.1) is 0 Å². The van der Waals surface area contributed by atoms with E-state index in [2.05, 4.69) is 21.2 Å². The topological polar surface area (TPSA) is 41.5 Å². The van der Waals surface area contributed by atoms with E-state index in [1.54, 1.807) is 18.2 Å². The van der Waals surface area contributed by atoms with Gasteiger partial charge < -0.3 is 15.2 Å². The minimum Gasteiger partial charge on any atom is -0.489 e. The Balaban J connectivity index is 1.75. The summed E-state index contributed by atoms with van der Waals surface area (Å²) in [6, 6.07) is 9.99. The van der Waals surface area contributed by atoms with Gasteiger partial charge in [0.05, 0.1) is 12.2 Å². The molecule has 0 saturated heterocycles. The van der Waals surface area contributed by atoms with Gasteiger partial charge >= 0.3 is 6.18 Å². The van der Waals surface area contributed by atoms with E-state index in [4.69, 9.17) is 9.84 Å². The minimum atomic E-state index is -4.36. The van der Waals surface area contributed by atoms with Gasteiger partial charge in [-0.1, -0.05) is 28.1 Å². The summed E-state index contributed by atoms with van der Waals surface area (Å²) in [4.78, 5) is 0. The van der Waals surface area contributed by atoms with Crippen LogP contribution in [0, 0.1) is 0 Å². The lowest BCUT2D eigenvalue weighted by Crippen LogP contribution is -2.18. The molecule has 27 heavy (non-hydrogen) atoms. The molecule has 0 atom stereocenters. The van der Waals surface area contributed by atoms with Crippen LogP contribution in [0.25, 0.3) is 0 Å². The number of aliphatic hydroxyl groups is 1. The first kappa shape index (κ1) is 20.2. The van der Waals surface area contributed by atoms with E-state index in [0.29, 0.717) is 30.0 Å². The molecule has 0 unspecified atom stereocenters. The fourth-order valence-electron chi connectivity index (χ4n) is 2.98. The molecule has 0 heterocycles. The quantitative estimate of drug-likeness (QED) is 0.563. The molecule has 1 fully saturated rings. The Kier molecular flexibility index (Phi) is 6.44. The molecule has 0 spiro atoms. The van der Waals surface area contributed by atoms with Crippen LogP contribution in [0.4, 0.5) is 13.2 Å². The van der Waals surface area contributed by atoms with Gasteiger partial charge in [-0.2, -0.15) is 13.2 Å². The van der Waals surface area contributed by atoms with Crippen molar-refractivity contribution in [3.63, 3.8) is 0 Å². The van der Waals surface area contributed by atoms with Crippen molar-refractivity contribution < 1.29 is 23.0 Å². The number of hydrogen-bond donors (Lipinski definition) is 2. The lowest BCUT2D eigenvalue weighted by Gasteiger charge is -2.16. The zero-order valence-corrected chi connectivity index (χ0v) is 16.2. The molecule has 0 aromatic heterocycles. The molecule has 7 heteroatoms. The van der Waals surface area contributed by atoms with Crippen LogP contribution in [-0.2, 0) is 19.3 Å². The van der Waals surface area contributed by atoms with Crippen molar-refractivity contribution in [1.82, 2.24) is 5.32 Å². The SMILES string of the molecule is OCCNCc1cc(Br)ccc1OCc1ccc(C2CC2)c(C(F)(F)F)c1. The number of ether oxygens (including phenoxy) is 1.